The molecule has 0 radical (unpaired) electrons. The van der Waals surface area contributed by atoms with Crippen LogP contribution in [0.15, 0.2) is 0 Å². The molecule has 0 bridgehead atoms. The molecular formula is C9H17N3O2. The van der Waals surface area contributed by atoms with E-state index in [1.54, 1.807) is 11.8 Å². The molecule has 5 heteroatoms. The maximum absolute atomic E-state index is 11.6. The third-order valence-electron chi connectivity index (χ3n) is 2.38. The Bertz CT molecular complexity index is 242. The molecule has 0 saturated carbocycles. The molecule has 3 amide bonds. The Kier molecular flexibility index (Phi) is 3.46. The van der Waals surface area contributed by atoms with Crippen LogP contribution in [0, 0.1) is 5.92 Å². The van der Waals surface area contributed by atoms with Gasteiger partial charge in [0, 0.05) is 13.1 Å². The van der Waals surface area contributed by atoms with Crippen molar-refractivity contribution in [1.82, 2.24) is 9.80 Å². The van der Waals surface area contributed by atoms with Crippen LogP contribution in [-0.2, 0) is 4.79 Å². The number of nitrogens with two attached hydrogens (primary N) is 1. The monoisotopic (exact) mass is 199 g/mol. The third kappa shape index (κ3) is 2.04. The van der Waals surface area contributed by atoms with E-state index < -0.39 is 0 Å². The van der Waals surface area contributed by atoms with E-state index >= 15 is 0 Å². The first-order chi connectivity index (χ1) is 6.60. The molecule has 1 aliphatic rings. The number of imide groups is 1. The number of likely N-dealkylation sites (N-methyl/N-ethyl adjacent to an activating group) is 1. The number of nitrogens with zero attached hydrogens (tertiary/aromatic N) is 2. The van der Waals surface area contributed by atoms with Gasteiger partial charge in [-0.2, -0.15) is 0 Å². The normalized spacial score (nSPS) is 19.4. The lowest BCUT2D eigenvalue weighted by Crippen LogP contribution is -2.36. The van der Waals surface area contributed by atoms with Crippen molar-refractivity contribution in [2.24, 2.45) is 11.7 Å². The second-order valence-corrected chi connectivity index (χ2v) is 3.64. The predicted molar refractivity (Wildman–Crippen MR) is 52.6 cm³/mol. The summed E-state index contributed by atoms with van der Waals surface area (Å²) in [5.41, 5.74) is 5.46. The summed E-state index contributed by atoms with van der Waals surface area (Å²) < 4.78 is 0. The summed E-state index contributed by atoms with van der Waals surface area (Å²) in [4.78, 5) is 25.7. The number of carbonyl (C=O) groups is 2. The number of hydrogen-bond acceptors (Lipinski definition) is 3. The van der Waals surface area contributed by atoms with Gasteiger partial charge < -0.3 is 10.6 Å². The van der Waals surface area contributed by atoms with Crippen LogP contribution in [0.3, 0.4) is 0 Å². The van der Waals surface area contributed by atoms with Crippen LogP contribution in [0.1, 0.15) is 13.8 Å². The number of amides is 3. The summed E-state index contributed by atoms with van der Waals surface area (Å²) in [6, 6.07) is -0.183. The SMILES string of the molecule is CCN1C(=O)CN(CC(C)CN)C1=O. The quantitative estimate of drug-likeness (QED) is 0.641. The molecule has 0 aromatic heterocycles. The zero-order valence-electron chi connectivity index (χ0n) is 8.69. The molecule has 0 aromatic rings. The highest BCUT2D eigenvalue weighted by molar-refractivity contribution is 6.01. The van der Waals surface area contributed by atoms with Crippen molar-refractivity contribution in [2.75, 3.05) is 26.2 Å². The highest BCUT2D eigenvalue weighted by atomic mass is 16.2. The van der Waals surface area contributed by atoms with Gasteiger partial charge in [0.25, 0.3) is 0 Å². The van der Waals surface area contributed by atoms with Crippen molar-refractivity contribution in [1.29, 1.82) is 0 Å². The van der Waals surface area contributed by atoms with Gasteiger partial charge in [-0.15, -0.1) is 0 Å². The smallest absolute Gasteiger partial charge is 0.327 e. The van der Waals surface area contributed by atoms with E-state index in [1.165, 1.54) is 4.90 Å². The highest BCUT2D eigenvalue weighted by Crippen LogP contribution is 2.11. The molecule has 1 heterocycles. The van der Waals surface area contributed by atoms with Crippen molar-refractivity contribution in [3.05, 3.63) is 0 Å². The summed E-state index contributed by atoms with van der Waals surface area (Å²) >= 11 is 0. The van der Waals surface area contributed by atoms with Crippen LogP contribution >= 0.6 is 0 Å². The summed E-state index contributed by atoms with van der Waals surface area (Å²) in [5, 5.41) is 0. The minimum atomic E-state index is -0.183. The molecule has 1 fully saturated rings. The van der Waals surface area contributed by atoms with Crippen LogP contribution in [0.4, 0.5) is 4.79 Å². The van der Waals surface area contributed by atoms with Gasteiger partial charge in [0.05, 0.1) is 0 Å². The van der Waals surface area contributed by atoms with Crippen molar-refractivity contribution >= 4 is 11.9 Å². The van der Waals surface area contributed by atoms with Crippen molar-refractivity contribution in [2.45, 2.75) is 13.8 Å². The van der Waals surface area contributed by atoms with E-state index in [-0.39, 0.29) is 24.4 Å². The molecule has 1 saturated heterocycles. The van der Waals surface area contributed by atoms with E-state index in [1.807, 2.05) is 6.92 Å². The second kappa shape index (κ2) is 4.41. The average molecular weight is 199 g/mol. The molecule has 1 rings (SSSR count). The van der Waals surface area contributed by atoms with Crippen LogP contribution in [0.25, 0.3) is 0 Å². The second-order valence-electron chi connectivity index (χ2n) is 3.64. The summed E-state index contributed by atoms with van der Waals surface area (Å²) in [6.45, 7) is 5.52. The van der Waals surface area contributed by atoms with Gasteiger partial charge in [0.1, 0.15) is 6.54 Å². The van der Waals surface area contributed by atoms with Gasteiger partial charge in [0.2, 0.25) is 5.91 Å². The molecule has 1 unspecified atom stereocenters. The van der Waals surface area contributed by atoms with Crippen LogP contribution in [0.2, 0.25) is 0 Å². The Balaban J connectivity index is 2.58. The molecule has 2 N–H and O–H groups in total. The van der Waals surface area contributed by atoms with Gasteiger partial charge in [-0.05, 0) is 19.4 Å². The molecule has 14 heavy (non-hydrogen) atoms. The van der Waals surface area contributed by atoms with Gasteiger partial charge >= 0.3 is 6.03 Å². The fourth-order valence-electron chi connectivity index (χ4n) is 1.50. The van der Waals surface area contributed by atoms with Crippen molar-refractivity contribution < 1.29 is 9.59 Å². The Hall–Kier alpha value is -1.10. The highest BCUT2D eigenvalue weighted by Gasteiger charge is 2.34. The van der Waals surface area contributed by atoms with E-state index in [2.05, 4.69) is 0 Å². The molecule has 5 nitrogen and oxygen atoms in total. The summed E-state index contributed by atoms with van der Waals surface area (Å²) in [6.07, 6.45) is 0. The van der Waals surface area contributed by atoms with Crippen molar-refractivity contribution in [3.8, 4) is 0 Å². The van der Waals surface area contributed by atoms with Crippen LogP contribution < -0.4 is 5.73 Å². The maximum atomic E-state index is 11.6. The lowest BCUT2D eigenvalue weighted by molar-refractivity contribution is -0.125. The third-order valence-corrected chi connectivity index (χ3v) is 2.38. The van der Waals surface area contributed by atoms with Crippen molar-refractivity contribution in [3.63, 3.8) is 0 Å². The van der Waals surface area contributed by atoms with Crippen LogP contribution in [-0.4, -0.2) is 47.9 Å². The van der Waals surface area contributed by atoms with Crippen LogP contribution in [0.5, 0.6) is 0 Å². The summed E-state index contributed by atoms with van der Waals surface area (Å²) in [7, 11) is 0. The summed E-state index contributed by atoms with van der Waals surface area (Å²) in [5.74, 6) is 0.130. The lowest BCUT2D eigenvalue weighted by atomic mass is 10.2. The molecule has 80 valence electrons. The topological polar surface area (TPSA) is 66.6 Å². The average Bonchev–Trinajstić information content (AvgIpc) is 2.42. The van der Waals surface area contributed by atoms with E-state index in [0.29, 0.717) is 19.6 Å². The van der Waals surface area contributed by atoms with E-state index in [0.717, 1.165) is 0 Å². The fraction of sp³-hybridized carbons (Fsp3) is 0.778. The van der Waals surface area contributed by atoms with E-state index in [9.17, 15) is 9.59 Å². The van der Waals surface area contributed by atoms with Gasteiger partial charge in [0.15, 0.2) is 0 Å². The first-order valence-electron chi connectivity index (χ1n) is 4.89. The Labute approximate surface area is 83.8 Å². The first-order valence-corrected chi connectivity index (χ1v) is 4.89. The van der Waals surface area contributed by atoms with Gasteiger partial charge in [-0.1, -0.05) is 6.92 Å². The Morgan fingerprint density at radius 3 is 2.57 bits per heavy atom. The zero-order chi connectivity index (χ0) is 10.7. The molecular weight excluding hydrogens is 182 g/mol. The maximum Gasteiger partial charge on any atom is 0.327 e. The molecule has 0 spiro atoms. The van der Waals surface area contributed by atoms with Gasteiger partial charge in [-0.3, -0.25) is 9.69 Å². The Morgan fingerprint density at radius 1 is 1.50 bits per heavy atom. The molecule has 0 aromatic carbocycles. The lowest BCUT2D eigenvalue weighted by Gasteiger charge is -2.19. The van der Waals surface area contributed by atoms with Gasteiger partial charge in [-0.25, -0.2) is 4.79 Å². The zero-order valence-corrected chi connectivity index (χ0v) is 8.69. The van der Waals surface area contributed by atoms with E-state index in [4.69, 9.17) is 5.73 Å². The number of rotatable bonds is 4. The number of carbonyl (C=O) groups excluding carboxylic acids is 2. The predicted octanol–water partition coefficient (Wildman–Crippen LogP) is -0.135. The fourth-order valence-corrected chi connectivity index (χ4v) is 1.50. The molecule has 0 aliphatic carbocycles. The molecule has 1 atom stereocenters. The number of hydrogen-bond donors (Lipinski definition) is 1. The molecule has 1 aliphatic heterocycles. The largest absolute Gasteiger partial charge is 0.330 e. The standard InChI is InChI=1S/C9H17N3O2/c1-3-12-8(13)6-11(9(12)14)5-7(2)4-10/h7H,3-6,10H2,1-2H3. The number of urea groups is 1. The first kappa shape index (κ1) is 11.0. The minimum absolute atomic E-state index is 0.110. The Morgan fingerprint density at radius 2 is 2.14 bits per heavy atom. The minimum Gasteiger partial charge on any atom is -0.330 e.